The molecule has 9 heteroatoms. The Morgan fingerprint density at radius 3 is 2.78 bits per heavy atom. The van der Waals surface area contributed by atoms with Gasteiger partial charge in [0.2, 0.25) is 5.95 Å². The van der Waals surface area contributed by atoms with Crippen molar-refractivity contribution in [2.75, 3.05) is 45.8 Å². The lowest BCUT2D eigenvalue weighted by Gasteiger charge is -2.33. The Labute approximate surface area is 187 Å². The number of morpholine rings is 1. The Balaban J connectivity index is 1.59. The molecule has 0 unspecified atom stereocenters. The summed E-state index contributed by atoms with van der Waals surface area (Å²) >= 11 is 0. The van der Waals surface area contributed by atoms with E-state index in [1.165, 1.54) is 0 Å². The summed E-state index contributed by atoms with van der Waals surface area (Å²) in [5, 5.41) is 0. The summed E-state index contributed by atoms with van der Waals surface area (Å²) < 4.78 is 11.4. The van der Waals surface area contributed by atoms with Gasteiger partial charge in [0.1, 0.15) is 11.9 Å². The second-order valence-corrected chi connectivity index (χ2v) is 7.70. The molecule has 0 spiro atoms. The monoisotopic (exact) mass is 434 g/mol. The van der Waals surface area contributed by atoms with E-state index in [2.05, 4.69) is 19.9 Å². The molecule has 1 fully saturated rings. The molecule has 32 heavy (non-hydrogen) atoms. The summed E-state index contributed by atoms with van der Waals surface area (Å²) in [6.45, 7) is 3.08. The van der Waals surface area contributed by atoms with Crippen LogP contribution in [-0.4, -0.2) is 71.6 Å². The van der Waals surface area contributed by atoms with Gasteiger partial charge in [-0.15, -0.1) is 0 Å². The summed E-state index contributed by atoms with van der Waals surface area (Å²) in [6, 6.07) is 7.65. The first-order valence-electron chi connectivity index (χ1n) is 10.3. The van der Waals surface area contributed by atoms with Gasteiger partial charge < -0.3 is 19.3 Å². The quantitative estimate of drug-likeness (QED) is 0.605. The number of hydrogen-bond donors (Lipinski definition) is 0. The summed E-state index contributed by atoms with van der Waals surface area (Å²) in [7, 11) is 5.36. The highest BCUT2D eigenvalue weighted by Crippen LogP contribution is 2.31. The van der Waals surface area contributed by atoms with Gasteiger partial charge in [0.15, 0.2) is 0 Å². The van der Waals surface area contributed by atoms with Crippen LogP contribution < -0.4 is 9.64 Å². The first kappa shape index (κ1) is 21.6. The second kappa shape index (κ2) is 9.27. The minimum atomic E-state index is -0.398. The lowest BCUT2D eigenvalue weighted by atomic mass is 10.0. The molecule has 1 aliphatic heterocycles. The first-order valence-corrected chi connectivity index (χ1v) is 10.3. The molecule has 4 rings (SSSR count). The van der Waals surface area contributed by atoms with Gasteiger partial charge in [-0.3, -0.25) is 14.8 Å². The van der Waals surface area contributed by atoms with Crippen molar-refractivity contribution in [3.63, 3.8) is 0 Å². The minimum Gasteiger partial charge on any atom is -0.497 e. The molecule has 9 nitrogen and oxygen atoms in total. The molecule has 0 radical (unpaired) electrons. The van der Waals surface area contributed by atoms with Crippen molar-refractivity contribution in [1.82, 2.24) is 24.8 Å². The van der Waals surface area contributed by atoms with Crippen LogP contribution in [0.4, 0.5) is 5.95 Å². The molecule has 1 aliphatic rings. The standard InChI is InChI=1S/C23H26N6O3/c1-15-18(13-26-23(27-15)28(2)3)22(30)29-10-11-32-19(14-29)21-20(24-8-9-25-21)16-6-5-7-17(12-16)31-4/h5-9,12-13,19H,10-11,14H2,1-4H3/t19-/m1/s1. The molecular weight excluding hydrogens is 408 g/mol. The molecule has 2 aromatic heterocycles. The van der Waals surface area contributed by atoms with Crippen molar-refractivity contribution in [2.45, 2.75) is 13.0 Å². The van der Waals surface area contributed by atoms with E-state index in [-0.39, 0.29) is 5.91 Å². The fourth-order valence-electron chi connectivity index (χ4n) is 3.63. The molecule has 0 aliphatic carbocycles. The molecule has 3 heterocycles. The van der Waals surface area contributed by atoms with E-state index in [0.717, 1.165) is 11.3 Å². The highest BCUT2D eigenvalue weighted by atomic mass is 16.5. The predicted molar refractivity (Wildman–Crippen MR) is 120 cm³/mol. The maximum atomic E-state index is 13.2. The van der Waals surface area contributed by atoms with Gasteiger partial charge >= 0.3 is 0 Å². The van der Waals surface area contributed by atoms with Crippen molar-refractivity contribution in [3.8, 4) is 17.0 Å². The fourth-order valence-corrected chi connectivity index (χ4v) is 3.63. The molecule has 1 aromatic carbocycles. The zero-order valence-electron chi connectivity index (χ0n) is 18.6. The van der Waals surface area contributed by atoms with Crippen LogP contribution in [0.15, 0.2) is 42.9 Å². The number of anilines is 1. The first-order chi connectivity index (χ1) is 15.5. The highest BCUT2D eigenvalue weighted by molar-refractivity contribution is 5.95. The number of amides is 1. The molecule has 1 amide bonds. The summed E-state index contributed by atoms with van der Waals surface area (Å²) in [5.41, 5.74) is 3.41. The Kier molecular flexibility index (Phi) is 6.27. The zero-order valence-corrected chi connectivity index (χ0v) is 18.6. The third-order valence-corrected chi connectivity index (χ3v) is 5.33. The molecule has 0 bridgehead atoms. The van der Waals surface area contributed by atoms with Crippen molar-refractivity contribution in [1.29, 1.82) is 0 Å². The van der Waals surface area contributed by atoms with Crippen molar-refractivity contribution >= 4 is 11.9 Å². The molecular formula is C23H26N6O3. The van der Waals surface area contributed by atoms with Gasteiger partial charge in [0, 0.05) is 44.8 Å². The van der Waals surface area contributed by atoms with Crippen LogP contribution in [-0.2, 0) is 4.74 Å². The Morgan fingerprint density at radius 2 is 2.03 bits per heavy atom. The molecule has 1 atom stereocenters. The number of methoxy groups -OCH3 is 1. The van der Waals surface area contributed by atoms with Gasteiger partial charge in [-0.25, -0.2) is 9.97 Å². The van der Waals surface area contributed by atoms with Gasteiger partial charge in [0.25, 0.3) is 5.91 Å². The number of nitrogens with zero attached hydrogens (tertiary/aromatic N) is 6. The van der Waals surface area contributed by atoms with Gasteiger partial charge in [-0.1, -0.05) is 12.1 Å². The highest BCUT2D eigenvalue weighted by Gasteiger charge is 2.30. The molecule has 1 saturated heterocycles. The van der Waals surface area contributed by atoms with E-state index in [9.17, 15) is 4.79 Å². The summed E-state index contributed by atoms with van der Waals surface area (Å²) in [4.78, 5) is 34.6. The minimum absolute atomic E-state index is 0.118. The third kappa shape index (κ3) is 4.38. The van der Waals surface area contributed by atoms with Crippen LogP contribution in [0.3, 0.4) is 0 Å². The van der Waals surface area contributed by atoms with E-state index < -0.39 is 6.10 Å². The molecule has 0 saturated carbocycles. The van der Waals surface area contributed by atoms with E-state index in [1.807, 2.05) is 45.3 Å². The molecule has 3 aromatic rings. The zero-order chi connectivity index (χ0) is 22.7. The van der Waals surface area contributed by atoms with Crippen LogP contribution in [0.1, 0.15) is 27.8 Å². The van der Waals surface area contributed by atoms with Crippen LogP contribution in [0.2, 0.25) is 0 Å². The lowest BCUT2D eigenvalue weighted by Crippen LogP contribution is -2.43. The van der Waals surface area contributed by atoms with E-state index >= 15 is 0 Å². The van der Waals surface area contributed by atoms with Crippen molar-refractivity contribution < 1.29 is 14.3 Å². The maximum Gasteiger partial charge on any atom is 0.257 e. The Hall–Kier alpha value is -3.59. The fraction of sp³-hybridized carbons (Fsp3) is 0.348. The number of benzene rings is 1. The topological polar surface area (TPSA) is 93.6 Å². The Bertz CT molecular complexity index is 1120. The molecule has 166 valence electrons. The normalized spacial score (nSPS) is 16.0. The smallest absolute Gasteiger partial charge is 0.257 e. The average molecular weight is 435 g/mol. The summed E-state index contributed by atoms with van der Waals surface area (Å²) in [5.74, 6) is 1.19. The SMILES string of the molecule is COc1cccc(-c2nccnc2[C@H]2CN(C(=O)c3cnc(N(C)C)nc3C)CCO2)c1. The van der Waals surface area contributed by atoms with Gasteiger partial charge in [-0.2, -0.15) is 0 Å². The van der Waals surface area contributed by atoms with E-state index in [0.29, 0.717) is 48.3 Å². The number of aryl methyl sites for hydroxylation is 1. The summed E-state index contributed by atoms with van der Waals surface area (Å²) in [6.07, 6.45) is 4.48. The molecule has 0 N–H and O–H groups in total. The predicted octanol–water partition coefficient (Wildman–Crippen LogP) is 2.53. The van der Waals surface area contributed by atoms with E-state index in [1.54, 1.807) is 35.5 Å². The number of carbonyl (C=O) groups is 1. The van der Waals surface area contributed by atoms with Crippen LogP contribution in [0.5, 0.6) is 5.75 Å². The third-order valence-electron chi connectivity index (χ3n) is 5.33. The van der Waals surface area contributed by atoms with Crippen LogP contribution >= 0.6 is 0 Å². The second-order valence-electron chi connectivity index (χ2n) is 7.70. The Morgan fingerprint density at radius 1 is 1.22 bits per heavy atom. The van der Waals surface area contributed by atoms with E-state index in [4.69, 9.17) is 9.47 Å². The number of hydrogen-bond acceptors (Lipinski definition) is 8. The van der Waals surface area contributed by atoms with Gasteiger partial charge in [0.05, 0.1) is 42.9 Å². The van der Waals surface area contributed by atoms with Gasteiger partial charge in [-0.05, 0) is 19.1 Å². The average Bonchev–Trinajstić information content (AvgIpc) is 2.83. The van der Waals surface area contributed by atoms with Crippen LogP contribution in [0, 0.1) is 6.92 Å². The number of carbonyl (C=O) groups excluding carboxylic acids is 1. The number of rotatable bonds is 5. The number of aromatic nitrogens is 4. The van der Waals surface area contributed by atoms with Crippen LogP contribution in [0.25, 0.3) is 11.3 Å². The van der Waals surface area contributed by atoms with Crippen molar-refractivity contribution in [2.24, 2.45) is 0 Å². The maximum absolute atomic E-state index is 13.2. The van der Waals surface area contributed by atoms with Crippen molar-refractivity contribution in [3.05, 3.63) is 59.8 Å². The largest absolute Gasteiger partial charge is 0.497 e. The number of ether oxygens (including phenoxy) is 2. The lowest BCUT2D eigenvalue weighted by molar-refractivity contribution is -0.0246.